The maximum atomic E-state index is 9.97. The van der Waals surface area contributed by atoms with E-state index in [4.69, 9.17) is 10.2 Å². The van der Waals surface area contributed by atoms with E-state index in [1.165, 1.54) is 31.6 Å². The van der Waals surface area contributed by atoms with Crippen LogP contribution in [0.4, 0.5) is 0 Å². The van der Waals surface area contributed by atoms with Gasteiger partial charge in [-0.3, -0.25) is 9.59 Å². The first-order chi connectivity index (χ1) is 5.45. The van der Waals surface area contributed by atoms with Gasteiger partial charge in [0.2, 0.25) is 0 Å². The Hall–Kier alpha value is -0.390. The molecule has 0 aliphatic rings. The molecule has 0 aliphatic carbocycles. The van der Waals surface area contributed by atoms with Crippen molar-refractivity contribution in [2.75, 3.05) is 0 Å². The van der Waals surface area contributed by atoms with Crippen molar-refractivity contribution in [3.63, 3.8) is 0 Å². The first kappa shape index (κ1) is 14.2. The molecule has 5 nitrogen and oxygen atoms in total. The molecule has 0 atom stereocenters. The molecule has 0 amide bonds. The molecular weight excluding hydrogens is 175 g/mol. The Balaban J connectivity index is 0. The molecule has 12 heavy (non-hydrogen) atoms. The van der Waals surface area contributed by atoms with Crippen molar-refractivity contribution in [1.82, 2.24) is 0 Å². The number of carboxylic acids is 2. The molecule has 0 aliphatic heterocycles. The smallest absolute Gasteiger partial charge is 0.372 e. The second-order valence-corrected chi connectivity index (χ2v) is 3.42. The van der Waals surface area contributed by atoms with Crippen LogP contribution in [0.1, 0.15) is 13.3 Å². The van der Waals surface area contributed by atoms with Crippen LogP contribution in [-0.2, 0) is 14.4 Å². The van der Waals surface area contributed by atoms with Crippen molar-refractivity contribution < 1.29 is 24.6 Å². The molecule has 2 N–H and O–H groups in total. The third-order valence-corrected chi connectivity index (χ3v) is 0.550. The van der Waals surface area contributed by atoms with Crippen LogP contribution in [0.25, 0.3) is 0 Å². The molecule has 0 spiro atoms. The van der Waals surface area contributed by atoms with Crippen LogP contribution in [0, 0.1) is 0 Å². The summed E-state index contributed by atoms with van der Waals surface area (Å²) in [7, 11) is 0. The Kier molecular flexibility index (Phi) is 10.3. The first-order valence-corrected chi connectivity index (χ1v) is 4.85. The summed E-state index contributed by atoms with van der Waals surface area (Å²) in [5.74, 6) is -4.44. The number of carbonyl (C=O) groups is 3. The number of hydrogen-bond donors (Lipinski definition) is 2. The van der Waals surface area contributed by atoms with E-state index >= 15 is 0 Å². The molecule has 6 heteroatoms. The molecular formula is C6H9NaO5. The normalized spacial score (nSPS) is 7.92. The maximum absolute atomic E-state index is 9.97. The summed E-state index contributed by atoms with van der Waals surface area (Å²) in [6.45, 7) is 2.19. The Morgan fingerprint density at radius 3 is 1.67 bits per heavy atom. The number of rotatable bonds is 3. The van der Waals surface area contributed by atoms with E-state index in [9.17, 15) is 14.4 Å². The minimum atomic E-state index is -1.71. The monoisotopic (exact) mass is 184 g/mol. The summed E-state index contributed by atoms with van der Waals surface area (Å²) in [5, 5.41) is 15.7. The van der Waals surface area contributed by atoms with Crippen LogP contribution in [-0.4, -0.2) is 55.9 Å². The third-order valence-electron chi connectivity index (χ3n) is 0.550. The Morgan fingerprint density at radius 1 is 1.25 bits per heavy atom. The van der Waals surface area contributed by atoms with E-state index in [0.717, 1.165) is 0 Å². The van der Waals surface area contributed by atoms with Gasteiger partial charge in [0.1, 0.15) is 6.42 Å². The molecule has 0 aromatic carbocycles. The van der Waals surface area contributed by atoms with Gasteiger partial charge >= 0.3 is 50.5 Å². The molecule has 0 saturated heterocycles. The molecule has 0 heterocycles. The molecule has 64 valence electrons. The van der Waals surface area contributed by atoms with Gasteiger partial charge in [-0.1, -0.05) is 0 Å². The molecule has 0 aromatic heterocycles. The molecule has 0 bridgehead atoms. The summed E-state index contributed by atoms with van der Waals surface area (Å²) in [4.78, 5) is 29.2. The molecule has 0 radical (unpaired) electrons. The van der Waals surface area contributed by atoms with Crippen molar-refractivity contribution in [3.8, 4) is 0 Å². The van der Waals surface area contributed by atoms with Crippen LogP contribution >= 0.6 is 0 Å². The van der Waals surface area contributed by atoms with Gasteiger partial charge in [0.05, 0.1) is 0 Å². The van der Waals surface area contributed by atoms with Gasteiger partial charge in [-0.15, -0.1) is 0 Å². The predicted octanol–water partition coefficient (Wildman–Crippen LogP) is -0.292. The van der Waals surface area contributed by atoms with Crippen molar-refractivity contribution in [3.05, 3.63) is 0 Å². The second kappa shape index (κ2) is 8.70. The Bertz CT molecular complexity index is 177. The summed E-state index contributed by atoms with van der Waals surface area (Å²) in [6.07, 6.45) is -0.949. The zero-order valence-electron chi connectivity index (χ0n) is 7.03. The fraction of sp³-hybridized carbons (Fsp3) is 0.500. The zero-order valence-corrected chi connectivity index (χ0v) is 9.03. The molecule has 0 unspecified atom stereocenters. The second-order valence-electron chi connectivity index (χ2n) is 2.01. The van der Waals surface area contributed by atoms with Gasteiger partial charge in [-0.25, -0.2) is 4.79 Å². The van der Waals surface area contributed by atoms with Crippen molar-refractivity contribution in [2.24, 2.45) is 0 Å². The van der Waals surface area contributed by atoms with Crippen LogP contribution in [0.5, 0.6) is 0 Å². The summed E-state index contributed by atoms with van der Waals surface area (Å²) < 4.78 is 1.39. The quantitative estimate of drug-likeness (QED) is 0.357. The number of carbonyl (C=O) groups excluding carboxylic acids is 1. The van der Waals surface area contributed by atoms with Gasteiger partial charge < -0.3 is 10.2 Å². The van der Waals surface area contributed by atoms with E-state index in [1.54, 1.807) is 0 Å². The fourth-order valence-electron chi connectivity index (χ4n) is 0.213. The molecule has 0 fully saturated rings. The van der Waals surface area contributed by atoms with Crippen LogP contribution < -0.4 is 0 Å². The number of aliphatic carboxylic acids is 2. The fourth-order valence-corrected chi connectivity index (χ4v) is 0.213. The van der Waals surface area contributed by atoms with E-state index < -0.39 is 24.1 Å². The van der Waals surface area contributed by atoms with E-state index in [2.05, 4.69) is 6.92 Å². The standard InChI is InChI=1S/C4H4O5.C2H5.Na/c5-2(4(8)9)1-3(6)7;1-2;/h1H2,(H,6,7)(H,8,9);1H2,2H3;. The van der Waals surface area contributed by atoms with E-state index in [0.29, 0.717) is 0 Å². The number of ketones is 1. The van der Waals surface area contributed by atoms with E-state index in [-0.39, 0.29) is 0 Å². The van der Waals surface area contributed by atoms with E-state index in [1.807, 2.05) is 0 Å². The molecule has 0 aromatic rings. The van der Waals surface area contributed by atoms with Gasteiger partial charge in [0.25, 0.3) is 5.78 Å². The van der Waals surface area contributed by atoms with Gasteiger partial charge in [0, 0.05) is 0 Å². The number of hydrogen-bond acceptors (Lipinski definition) is 3. The SMILES string of the molecule is C[CH2][Na].O=C(O)CC(=O)C(=O)O. The third kappa shape index (κ3) is 12.3. The average molecular weight is 184 g/mol. The van der Waals surface area contributed by atoms with Crippen LogP contribution in [0.2, 0.25) is 3.67 Å². The van der Waals surface area contributed by atoms with Crippen molar-refractivity contribution >= 4 is 45.7 Å². The summed E-state index contributed by atoms with van der Waals surface area (Å²) >= 11 is 1.37. The maximum Gasteiger partial charge on any atom is 0.372 e. The minimum absolute atomic E-state index is 0.949. The van der Waals surface area contributed by atoms with Gasteiger partial charge in [-0.2, -0.15) is 0 Å². The average Bonchev–Trinajstić information content (AvgIpc) is 1.87. The zero-order chi connectivity index (χ0) is 10.1. The van der Waals surface area contributed by atoms with Gasteiger partial charge in [-0.05, 0) is 0 Å². The predicted molar refractivity (Wildman–Crippen MR) is 41.1 cm³/mol. The number of carboxylic acid groups (broad SMARTS) is 2. The van der Waals surface area contributed by atoms with Gasteiger partial charge in [0.15, 0.2) is 0 Å². The summed E-state index contributed by atoms with van der Waals surface area (Å²) in [6, 6.07) is 0. The minimum Gasteiger partial charge on any atom is -0.481 e. The molecule has 0 saturated carbocycles. The largest absolute Gasteiger partial charge is 0.481 e. The van der Waals surface area contributed by atoms with Crippen molar-refractivity contribution in [2.45, 2.75) is 17.0 Å². The van der Waals surface area contributed by atoms with Crippen LogP contribution in [0.15, 0.2) is 0 Å². The van der Waals surface area contributed by atoms with Crippen LogP contribution in [0.3, 0.4) is 0 Å². The summed E-state index contributed by atoms with van der Waals surface area (Å²) in [5.41, 5.74) is 0. The topological polar surface area (TPSA) is 91.7 Å². The van der Waals surface area contributed by atoms with Crippen molar-refractivity contribution in [1.29, 1.82) is 0 Å². The Morgan fingerprint density at radius 2 is 1.58 bits per heavy atom. The number of Topliss-reactive ketones (excluding diaryl/α,β-unsaturated/α-hetero) is 1. The first-order valence-electron chi connectivity index (χ1n) is 3.43. The molecule has 0 rings (SSSR count). The Labute approximate surface area is 87.2 Å².